The van der Waals surface area contributed by atoms with Crippen molar-refractivity contribution in [1.82, 2.24) is 15.5 Å². The van der Waals surface area contributed by atoms with Crippen LogP contribution in [0.4, 0.5) is 0 Å². The summed E-state index contributed by atoms with van der Waals surface area (Å²) >= 11 is 0. The molecule has 21 heavy (non-hydrogen) atoms. The molecule has 0 aromatic rings. The highest BCUT2D eigenvalue weighted by Crippen LogP contribution is 2.17. The topological polar surface area (TPSA) is 48.9 Å². The first kappa shape index (κ1) is 18.2. The maximum atomic E-state index is 5.06. The van der Waals surface area contributed by atoms with Gasteiger partial charge in [-0.25, -0.2) is 0 Å². The number of aliphatic imine (C=N–C) groups is 1. The van der Waals surface area contributed by atoms with E-state index in [0.29, 0.717) is 0 Å². The van der Waals surface area contributed by atoms with Gasteiger partial charge in [0.2, 0.25) is 0 Å². The molecule has 5 heteroatoms. The number of nitrogens with zero attached hydrogens (tertiary/aromatic N) is 2. The third-order valence-electron chi connectivity index (χ3n) is 3.92. The Morgan fingerprint density at radius 3 is 2.62 bits per heavy atom. The molecule has 1 fully saturated rings. The van der Waals surface area contributed by atoms with E-state index in [0.717, 1.165) is 44.5 Å². The van der Waals surface area contributed by atoms with Gasteiger partial charge in [-0.3, -0.25) is 4.99 Å². The first-order chi connectivity index (χ1) is 10.3. The van der Waals surface area contributed by atoms with Gasteiger partial charge >= 0.3 is 0 Å². The van der Waals surface area contributed by atoms with E-state index in [9.17, 15) is 0 Å². The predicted octanol–water partition coefficient (Wildman–Crippen LogP) is 1.70. The molecule has 1 saturated heterocycles. The van der Waals surface area contributed by atoms with Crippen molar-refractivity contribution in [2.45, 2.75) is 39.5 Å². The number of hydrogen-bond donors (Lipinski definition) is 2. The van der Waals surface area contributed by atoms with Crippen LogP contribution in [0, 0.1) is 5.92 Å². The molecule has 1 aliphatic heterocycles. The molecule has 0 atom stereocenters. The fraction of sp³-hybridized carbons (Fsp3) is 0.938. The quantitative estimate of drug-likeness (QED) is 0.386. The Labute approximate surface area is 130 Å². The number of guanidine groups is 1. The lowest BCUT2D eigenvalue weighted by Crippen LogP contribution is -2.39. The van der Waals surface area contributed by atoms with Crippen molar-refractivity contribution < 1.29 is 4.74 Å². The molecule has 0 saturated carbocycles. The fourth-order valence-electron chi connectivity index (χ4n) is 2.69. The summed E-state index contributed by atoms with van der Waals surface area (Å²) in [6.07, 6.45) is 4.84. The second kappa shape index (κ2) is 11.8. The minimum absolute atomic E-state index is 0.743. The van der Waals surface area contributed by atoms with Gasteiger partial charge in [-0.15, -0.1) is 0 Å². The van der Waals surface area contributed by atoms with Crippen LogP contribution in [0.3, 0.4) is 0 Å². The molecule has 0 radical (unpaired) electrons. The summed E-state index contributed by atoms with van der Waals surface area (Å²) in [6, 6.07) is 0. The van der Waals surface area contributed by atoms with Crippen LogP contribution < -0.4 is 10.6 Å². The van der Waals surface area contributed by atoms with E-state index in [1.54, 1.807) is 7.11 Å². The van der Waals surface area contributed by atoms with E-state index in [1.807, 2.05) is 0 Å². The molecule has 1 aliphatic rings. The smallest absolute Gasteiger partial charge is 0.191 e. The Balaban J connectivity index is 2.26. The van der Waals surface area contributed by atoms with Crippen LogP contribution in [0.1, 0.15) is 39.5 Å². The van der Waals surface area contributed by atoms with Crippen molar-refractivity contribution in [1.29, 1.82) is 0 Å². The Morgan fingerprint density at radius 1 is 1.24 bits per heavy atom. The Kier molecular flexibility index (Phi) is 10.3. The average molecular weight is 298 g/mol. The lowest BCUT2D eigenvalue weighted by molar-refractivity contribution is 0.188. The highest BCUT2D eigenvalue weighted by atomic mass is 16.5. The molecule has 0 spiro atoms. The van der Waals surface area contributed by atoms with Crippen LogP contribution in [0.15, 0.2) is 4.99 Å². The lowest BCUT2D eigenvalue weighted by atomic mass is 9.97. The largest absolute Gasteiger partial charge is 0.385 e. The zero-order chi connectivity index (χ0) is 15.3. The van der Waals surface area contributed by atoms with Crippen molar-refractivity contribution in [3.05, 3.63) is 0 Å². The van der Waals surface area contributed by atoms with Gasteiger partial charge in [0, 0.05) is 33.4 Å². The molecule has 0 aromatic heterocycles. The standard InChI is InChI=1S/C16H34N4O/c1-4-10-20-11-7-15(8-12-20)14-19-16(17-5-2)18-9-6-13-21-3/h15H,4-14H2,1-3H3,(H2,17,18,19). The molecule has 1 rings (SSSR count). The van der Waals surface area contributed by atoms with Gasteiger partial charge in [-0.05, 0) is 58.2 Å². The molecule has 5 nitrogen and oxygen atoms in total. The van der Waals surface area contributed by atoms with Gasteiger partial charge < -0.3 is 20.3 Å². The van der Waals surface area contributed by atoms with Crippen molar-refractivity contribution in [3.8, 4) is 0 Å². The van der Waals surface area contributed by atoms with E-state index in [1.165, 1.54) is 38.9 Å². The van der Waals surface area contributed by atoms with E-state index >= 15 is 0 Å². The fourth-order valence-corrected chi connectivity index (χ4v) is 2.69. The zero-order valence-electron chi connectivity index (χ0n) is 14.2. The van der Waals surface area contributed by atoms with E-state index in [4.69, 9.17) is 9.73 Å². The van der Waals surface area contributed by atoms with Crippen molar-refractivity contribution in [2.75, 3.05) is 53.0 Å². The predicted molar refractivity (Wildman–Crippen MR) is 89.9 cm³/mol. The third kappa shape index (κ3) is 8.27. The van der Waals surface area contributed by atoms with E-state index in [-0.39, 0.29) is 0 Å². The Hall–Kier alpha value is -0.810. The van der Waals surface area contributed by atoms with E-state index in [2.05, 4.69) is 29.4 Å². The minimum Gasteiger partial charge on any atom is -0.385 e. The van der Waals surface area contributed by atoms with Gasteiger partial charge in [-0.1, -0.05) is 6.92 Å². The molecule has 0 amide bonds. The molecular weight excluding hydrogens is 264 g/mol. The van der Waals surface area contributed by atoms with Crippen LogP contribution in [0.2, 0.25) is 0 Å². The summed E-state index contributed by atoms with van der Waals surface area (Å²) < 4.78 is 5.06. The number of methoxy groups -OCH3 is 1. The van der Waals surface area contributed by atoms with Crippen LogP contribution in [0.25, 0.3) is 0 Å². The number of ether oxygens (including phenoxy) is 1. The molecule has 0 aliphatic carbocycles. The maximum absolute atomic E-state index is 5.06. The van der Waals surface area contributed by atoms with Crippen molar-refractivity contribution in [2.24, 2.45) is 10.9 Å². The summed E-state index contributed by atoms with van der Waals surface area (Å²) in [5, 5.41) is 6.69. The monoisotopic (exact) mass is 298 g/mol. The van der Waals surface area contributed by atoms with Gasteiger partial charge in [0.1, 0.15) is 0 Å². The number of rotatable bonds is 9. The van der Waals surface area contributed by atoms with Gasteiger partial charge in [0.15, 0.2) is 5.96 Å². The maximum Gasteiger partial charge on any atom is 0.191 e. The van der Waals surface area contributed by atoms with Crippen LogP contribution in [-0.4, -0.2) is 63.8 Å². The molecule has 124 valence electrons. The minimum atomic E-state index is 0.743. The number of nitrogens with one attached hydrogen (secondary N) is 2. The molecule has 0 bridgehead atoms. The third-order valence-corrected chi connectivity index (χ3v) is 3.92. The van der Waals surface area contributed by atoms with E-state index < -0.39 is 0 Å². The zero-order valence-corrected chi connectivity index (χ0v) is 14.2. The second-order valence-electron chi connectivity index (χ2n) is 5.78. The summed E-state index contributed by atoms with van der Waals surface area (Å²) in [4.78, 5) is 7.32. The Bertz CT molecular complexity index is 275. The van der Waals surface area contributed by atoms with Crippen LogP contribution in [-0.2, 0) is 4.74 Å². The van der Waals surface area contributed by atoms with Crippen LogP contribution >= 0.6 is 0 Å². The highest BCUT2D eigenvalue weighted by molar-refractivity contribution is 5.79. The van der Waals surface area contributed by atoms with Crippen molar-refractivity contribution in [3.63, 3.8) is 0 Å². The van der Waals surface area contributed by atoms with Gasteiger partial charge in [0.25, 0.3) is 0 Å². The summed E-state index contributed by atoms with van der Waals surface area (Å²) in [5.74, 6) is 1.69. The van der Waals surface area contributed by atoms with Crippen LogP contribution in [0.5, 0.6) is 0 Å². The Morgan fingerprint density at radius 2 is 2.00 bits per heavy atom. The first-order valence-corrected chi connectivity index (χ1v) is 8.53. The summed E-state index contributed by atoms with van der Waals surface area (Å²) in [7, 11) is 1.74. The molecule has 0 aromatic carbocycles. The normalized spacial score (nSPS) is 18.0. The molecular formula is C16H34N4O. The molecule has 1 heterocycles. The first-order valence-electron chi connectivity index (χ1n) is 8.53. The lowest BCUT2D eigenvalue weighted by Gasteiger charge is -2.31. The highest BCUT2D eigenvalue weighted by Gasteiger charge is 2.18. The SMILES string of the molecule is CCCN1CCC(CN=C(NCC)NCCCOC)CC1. The number of piperidine rings is 1. The summed E-state index contributed by atoms with van der Waals surface area (Å²) in [6.45, 7) is 11.7. The number of hydrogen-bond acceptors (Lipinski definition) is 3. The molecule has 0 unspecified atom stereocenters. The number of likely N-dealkylation sites (tertiary alicyclic amines) is 1. The molecule has 2 N–H and O–H groups in total. The van der Waals surface area contributed by atoms with Gasteiger partial charge in [0.05, 0.1) is 0 Å². The van der Waals surface area contributed by atoms with Gasteiger partial charge in [-0.2, -0.15) is 0 Å². The average Bonchev–Trinajstić information content (AvgIpc) is 2.51. The second-order valence-corrected chi connectivity index (χ2v) is 5.78. The van der Waals surface area contributed by atoms with Crippen molar-refractivity contribution >= 4 is 5.96 Å². The summed E-state index contributed by atoms with van der Waals surface area (Å²) in [5.41, 5.74) is 0.